The van der Waals surface area contributed by atoms with Gasteiger partial charge in [0.05, 0.1) is 12.1 Å². The molecule has 0 unspecified atom stereocenters. The van der Waals surface area contributed by atoms with E-state index in [-0.39, 0.29) is 28.0 Å². The second-order valence-corrected chi connectivity index (χ2v) is 4.84. The zero-order chi connectivity index (χ0) is 14.0. The Hall–Kier alpha value is -1.30. The third-order valence-electron chi connectivity index (χ3n) is 2.69. The number of halogens is 3. The van der Waals surface area contributed by atoms with Gasteiger partial charge in [-0.2, -0.15) is 0 Å². The Kier molecular flexibility index (Phi) is 5.80. The van der Waals surface area contributed by atoms with Gasteiger partial charge in [-0.15, -0.1) is 17.0 Å². The van der Waals surface area contributed by atoms with Crippen molar-refractivity contribution >= 4 is 46.1 Å². The van der Waals surface area contributed by atoms with E-state index >= 15 is 0 Å². The SMILES string of the molecule is Br.N=c1c(C(N)=O)cccn1Cc1cc(Cl)ccc1Cl. The second-order valence-electron chi connectivity index (χ2n) is 4.00. The second kappa shape index (κ2) is 6.92. The number of benzene rings is 1. The average molecular weight is 377 g/mol. The molecule has 7 heteroatoms. The van der Waals surface area contributed by atoms with Gasteiger partial charge in [0.2, 0.25) is 0 Å². The zero-order valence-corrected chi connectivity index (χ0v) is 13.5. The van der Waals surface area contributed by atoms with Crippen LogP contribution in [0.1, 0.15) is 15.9 Å². The van der Waals surface area contributed by atoms with Crippen molar-refractivity contribution in [2.45, 2.75) is 6.54 Å². The maximum atomic E-state index is 11.2. The van der Waals surface area contributed by atoms with Crippen molar-refractivity contribution in [3.63, 3.8) is 0 Å². The van der Waals surface area contributed by atoms with Gasteiger partial charge in [0.15, 0.2) is 0 Å². The molecule has 1 heterocycles. The highest BCUT2D eigenvalue weighted by Crippen LogP contribution is 2.21. The van der Waals surface area contributed by atoms with E-state index in [1.54, 1.807) is 35.0 Å². The highest BCUT2D eigenvalue weighted by atomic mass is 79.9. The molecule has 0 bridgehead atoms. The number of pyridine rings is 1. The van der Waals surface area contributed by atoms with Gasteiger partial charge in [0.25, 0.3) is 5.91 Å². The van der Waals surface area contributed by atoms with Crippen molar-refractivity contribution in [1.29, 1.82) is 5.41 Å². The number of nitrogens with zero attached hydrogens (tertiary/aromatic N) is 1. The number of hydrogen-bond acceptors (Lipinski definition) is 2. The lowest BCUT2D eigenvalue weighted by Crippen LogP contribution is -2.29. The molecule has 106 valence electrons. The monoisotopic (exact) mass is 375 g/mol. The Balaban J connectivity index is 0.00000200. The van der Waals surface area contributed by atoms with Crippen molar-refractivity contribution < 1.29 is 4.79 Å². The van der Waals surface area contributed by atoms with E-state index in [2.05, 4.69) is 0 Å². The smallest absolute Gasteiger partial charge is 0.252 e. The van der Waals surface area contributed by atoms with E-state index < -0.39 is 5.91 Å². The highest BCUT2D eigenvalue weighted by molar-refractivity contribution is 8.93. The predicted molar refractivity (Wildman–Crippen MR) is 84.7 cm³/mol. The van der Waals surface area contributed by atoms with Crippen LogP contribution in [0.25, 0.3) is 0 Å². The summed E-state index contributed by atoms with van der Waals surface area (Å²) in [5, 5.41) is 9.06. The number of carbonyl (C=O) groups is 1. The average Bonchev–Trinajstić information content (AvgIpc) is 2.36. The molecule has 4 nitrogen and oxygen atoms in total. The predicted octanol–water partition coefficient (Wildman–Crippen LogP) is 3.00. The number of nitrogens with two attached hydrogens (primary N) is 1. The van der Waals surface area contributed by atoms with Gasteiger partial charge in [-0.05, 0) is 35.9 Å². The van der Waals surface area contributed by atoms with Crippen molar-refractivity contribution in [3.8, 4) is 0 Å². The molecule has 0 aliphatic carbocycles. The van der Waals surface area contributed by atoms with Crippen LogP contribution in [0.2, 0.25) is 10.0 Å². The number of carbonyl (C=O) groups excluding carboxylic acids is 1. The lowest BCUT2D eigenvalue weighted by Gasteiger charge is -2.10. The third kappa shape index (κ3) is 3.62. The van der Waals surface area contributed by atoms with E-state index in [9.17, 15) is 4.79 Å². The van der Waals surface area contributed by atoms with Gasteiger partial charge in [-0.1, -0.05) is 23.2 Å². The molecule has 2 rings (SSSR count). The Morgan fingerprint density at radius 1 is 1.30 bits per heavy atom. The fourth-order valence-electron chi connectivity index (χ4n) is 1.73. The van der Waals surface area contributed by atoms with Crippen LogP contribution in [-0.4, -0.2) is 10.5 Å². The van der Waals surface area contributed by atoms with Crippen LogP contribution in [-0.2, 0) is 6.54 Å². The van der Waals surface area contributed by atoms with Crippen LogP contribution < -0.4 is 11.2 Å². The van der Waals surface area contributed by atoms with Gasteiger partial charge in [0, 0.05) is 16.2 Å². The first-order valence-corrected chi connectivity index (χ1v) is 6.22. The number of rotatable bonds is 3. The lowest BCUT2D eigenvalue weighted by molar-refractivity contribution is 0.0998. The summed E-state index contributed by atoms with van der Waals surface area (Å²) in [5.74, 6) is -0.628. The van der Waals surface area contributed by atoms with Crippen molar-refractivity contribution in [2.24, 2.45) is 5.73 Å². The standard InChI is InChI=1S/C13H11Cl2N3O.BrH/c14-9-3-4-11(15)8(6-9)7-18-5-1-2-10(12(18)16)13(17)19;/h1-6,16H,7H2,(H2,17,19);1H. The van der Waals surface area contributed by atoms with Gasteiger partial charge < -0.3 is 10.3 Å². The molecule has 0 saturated heterocycles. The summed E-state index contributed by atoms with van der Waals surface area (Å²) in [6, 6.07) is 8.30. The van der Waals surface area contributed by atoms with E-state index in [4.69, 9.17) is 34.3 Å². The van der Waals surface area contributed by atoms with E-state index in [0.29, 0.717) is 16.6 Å². The molecule has 0 atom stereocenters. The third-order valence-corrected chi connectivity index (χ3v) is 3.29. The summed E-state index contributed by atoms with van der Waals surface area (Å²) in [4.78, 5) is 11.2. The largest absolute Gasteiger partial charge is 0.365 e. The van der Waals surface area contributed by atoms with Gasteiger partial charge in [-0.3, -0.25) is 10.2 Å². The molecule has 1 amide bonds. The van der Waals surface area contributed by atoms with Gasteiger partial charge >= 0.3 is 0 Å². The van der Waals surface area contributed by atoms with Crippen molar-refractivity contribution in [1.82, 2.24) is 4.57 Å². The van der Waals surface area contributed by atoms with E-state index in [1.165, 1.54) is 6.07 Å². The summed E-state index contributed by atoms with van der Waals surface area (Å²) in [7, 11) is 0. The molecular weight excluding hydrogens is 365 g/mol. The Morgan fingerprint density at radius 3 is 2.65 bits per heavy atom. The molecule has 0 aliphatic rings. The number of amides is 1. The van der Waals surface area contributed by atoms with Crippen LogP contribution >= 0.6 is 40.2 Å². The summed E-state index contributed by atoms with van der Waals surface area (Å²) in [6.45, 7) is 0.347. The van der Waals surface area contributed by atoms with Crippen LogP contribution in [0.15, 0.2) is 36.5 Å². The zero-order valence-electron chi connectivity index (χ0n) is 10.3. The van der Waals surface area contributed by atoms with Crippen molar-refractivity contribution in [3.05, 3.63) is 63.2 Å². The molecule has 0 aliphatic heterocycles. The first-order chi connectivity index (χ1) is 8.99. The topological polar surface area (TPSA) is 71.9 Å². The van der Waals surface area contributed by atoms with E-state index in [0.717, 1.165) is 5.56 Å². The quantitative estimate of drug-likeness (QED) is 0.849. The number of hydrogen-bond donors (Lipinski definition) is 2. The molecule has 0 spiro atoms. The van der Waals surface area contributed by atoms with Crippen LogP contribution in [0.5, 0.6) is 0 Å². The summed E-state index contributed by atoms with van der Waals surface area (Å²) >= 11 is 12.0. The van der Waals surface area contributed by atoms with Crippen molar-refractivity contribution in [2.75, 3.05) is 0 Å². The Bertz CT molecular complexity index is 700. The Morgan fingerprint density at radius 2 is 2.00 bits per heavy atom. The first kappa shape index (κ1) is 16.8. The van der Waals surface area contributed by atoms with E-state index in [1.807, 2.05) is 0 Å². The summed E-state index contributed by atoms with van der Waals surface area (Å²) in [5.41, 5.74) is 6.20. The van der Waals surface area contributed by atoms with Gasteiger partial charge in [0.1, 0.15) is 5.49 Å². The molecular formula is C13H12BrCl2N3O. The fraction of sp³-hybridized carbons (Fsp3) is 0.0769. The number of nitrogens with one attached hydrogen (secondary N) is 1. The minimum Gasteiger partial charge on any atom is -0.365 e. The normalized spacial score (nSPS) is 9.90. The molecule has 20 heavy (non-hydrogen) atoms. The summed E-state index contributed by atoms with van der Waals surface area (Å²) < 4.78 is 1.58. The molecule has 0 saturated carbocycles. The maximum absolute atomic E-state index is 11.2. The molecule has 1 aromatic carbocycles. The molecule has 0 fully saturated rings. The van der Waals surface area contributed by atoms with Crippen LogP contribution in [0.3, 0.4) is 0 Å². The van der Waals surface area contributed by atoms with Crippen LogP contribution in [0, 0.1) is 5.41 Å². The molecule has 3 N–H and O–H groups in total. The summed E-state index contributed by atoms with van der Waals surface area (Å²) in [6.07, 6.45) is 1.69. The minimum absolute atomic E-state index is 0. The van der Waals surface area contributed by atoms with Gasteiger partial charge in [-0.25, -0.2) is 0 Å². The van der Waals surface area contributed by atoms with Crippen LogP contribution in [0.4, 0.5) is 0 Å². The highest BCUT2D eigenvalue weighted by Gasteiger charge is 2.07. The fourth-order valence-corrected chi connectivity index (χ4v) is 2.10. The molecule has 0 radical (unpaired) electrons. The molecule has 2 aromatic rings. The minimum atomic E-state index is -0.628. The number of aromatic nitrogens is 1. The maximum Gasteiger partial charge on any atom is 0.252 e. The Labute approximate surface area is 136 Å². The molecule has 1 aromatic heterocycles. The number of primary amides is 1. The lowest BCUT2D eigenvalue weighted by atomic mass is 10.2. The first-order valence-electron chi connectivity index (χ1n) is 5.47.